The van der Waals surface area contributed by atoms with Crippen molar-refractivity contribution in [2.24, 2.45) is 0 Å². The van der Waals surface area contributed by atoms with Crippen LogP contribution in [0.4, 0.5) is 11.4 Å². The standard InChI is InChI=1S/C24H18N4O/c1-15-5-6-16(11-18(15)14-29)17-7-8-21-19(12-17)23(9-10-25-21)27-22-3-2-4-24-20(22)13-26-28-24/h2-14H,1H3,(H,25,27)(H,26,28). The number of H-pyrrole nitrogens is 1. The van der Waals surface area contributed by atoms with E-state index >= 15 is 0 Å². The minimum atomic E-state index is 0.707. The molecule has 0 aliphatic heterocycles. The second-order valence-electron chi connectivity index (χ2n) is 7.04. The molecule has 0 saturated heterocycles. The first-order chi connectivity index (χ1) is 14.2. The Morgan fingerprint density at radius 2 is 1.76 bits per heavy atom. The number of anilines is 2. The van der Waals surface area contributed by atoms with E-state index in [9.17, 15) is 4.79 Å². The first-order valence-corrected chi connectivity index (χ1v) is 9.37. The maximum atomic E-state index is 11.3. The SMILES string of the molecule is Cc1ccc(-c2ccc3nccc(Nc4cccc5[nH]ncc45)c3c2)cc1C=O. The molecule has 5 nitrogen and oxygen atoms in total. The maximum Gasteiger partial charge on any atom is 0.150 e. The van der Waals surface area contributed by atoms with Gasteiger partial charge in [-0.05, 0) is 60.0 Å². The normalized spacial score (nSPS) is 11.1. The number of pyridine rings is 1. The van der Waals surface area contributed by atoms with Crippen LogP contribution in [0.2, 0.25) is 0 Å². The van der Waals surface area contributed by atoms with E-state index in [-0.39, 0.29) is 0 Å². The van der Waals surface area contributed by atoms with Gasteiger partial charge in [0.1, 0.15) is 6.29 Å². The smallest absolute Gasteiger partial charge is 0.150 e. The summed E-state index contributed by atoms with van der Waals surface area (Å²) >= 11 is 0. The van der Waals surface area contributed by atoms with Gasteiger partial charge in [0.25, 0.3) is 0 Å². The predicted molar refractivity (Wildman–Crippen MR) is 117 cm³/mol. The van der Waals surface area contributed by atoms with Gasteiger partial charge >= 0.3 is 0 Å². The van der Waals surface area contributed by atoms with Crippen LogP contribution in [-0.4, -0.2) is 21.5 Å². The number of rotatable bonds is 4. The first-order valence-electron chi connectivity index (χ1n) is 9.37. The molecule has 5 rings (SSSR count). The summed E-state index contributed by atoms with van der Waals surface area (Å²) in [4.78, 5) is 15.8. The molecule has 2 N–H and O–H groups in total. The highest BCUT2D eigenvalue weighted by Crippen LogP contribution is 2.32. The third kappa shape index (κ3) is 3.02. The molecule has 140 valence electrons. The van der Waals surface area contributed by atoms with Crippen molar-refractivity contribution in [2.75, 3.05) is 5.32 Å². The maximum absolute atomic E-state index is 11.3. The average Bonchev–Trinajstić information content (AvgIpc) is 3.24. The van der Waals surface area contributed by atoms with Gasteiger partial charge in [-0.2, -0.15) is 5.10 Å². The summed E-state index contributed by atoms with van der Waals surface area (Å²) in [6.45, 7) is 1.94. The summed E-state index contributed by atoms with van der Waals surface area (Å²) in [5.74, 6) is 0. The molecule has 0 amide bonds. The number of aldehydes is 1. The highest BCUT2D eigenvalue weighted by molar-refractivity contribution is 5.99. The van der Waals surface area contributed by atoms with Crippen LogP contribution in [0.15, 0.2) is 73.1 Å². The third-order valence-corrected chi connectivity index (χ3v) is 5.24. The molecular weight excluding hydrogens is 360 g/mol. The molecule has 0 spiro atoms. The van der Waals surface area contributed by atoms with Crippen molar-refractivity contribution < 1.29 is 4.79 Å². The molecule has 0 bridgehead atoms. The Bertz CT molecular complexity index is 1370. The summed E-state index contributed by atoms with van der Waals surface area (Å²) in [5.41, 5.74) is 7.56. The van der Waals surface area contributed by atoms with Crippen LogP contribution >= 0.6 is 0 Å². The lowest BCUT2D eigenvalue weighted by molar-refractivity contribution is 0.112. The minimum absolute atomic E-state index is 0.707. The van der Waals surface area contributed by atoms with E-state index < -0.39 is 0 Å². The van der Waals surface area contributed by atoms with Crippen LogP contribution in [0.25, 0.3) is 32.9 Å². The number of aromatic amines is 1. The van der Waals surface area contributed by atoms with Crippen molar-refractivity contribution in [3.8, 4) is 11.1 Å². The number of aryl methyl sites for hydroxylation is 1. The van der Waals surface area contributed by atoms with Gasteiger partial charge in [-0.3, -0.25) is 14.9 Å². The first kappa shape index (κ1) is 17.1. The van der Waals surface area contributed by atoms with Crippen molar-refractivity contribution >= 4 is 39.5 Å². The van der Waals surface area contributed by atoms with E-state index in [2.05, 4.69) is 26.6 Å². The van der Waals surface area contributed by atoms with Crippen molar-refractivity contribution in [3.05, 3.63) is 84.2 Å². The molecular formula is C24H18N4O. The Labute approximate surface area is 167 Å². The minimum Gasteiger partial charge on any atom is -0.354 e. The Morgan fingerprint density at radius 3 is 2.66 bits per heavy atom. The van der Waals surface area contributed by atoms with Gasteiger partial charge in [0.05, 0.1) is 17.2 Å². The Morgan fingerprint density at radius 1 is 0.931 bits per heavy atom. The molecule has 0 fully saturated rings. The summed E-state index contributed by atoms with van der Waals surface area (Å²) in [6.07, 6.45) is 4.52. The molecule has 2 aromatic heterocycles. The van der Waals surface area contributed by atoms with E-state index in [1.165, 1.54) is 0 Å². The van der Waals surface area contributed by atoms with Gasteiger partial charge in [0.2, 0.25) is 0 Å². The van der Waals surface area contributed by atoms with Gasteiger partial charge in [-0.25, -0.2) is 0 Å². The highest BCUT2D eigenvalue weighted by atomic mass is 16.1. The van der Waals surface area contributed by atoms with Crippen molar-refractivity contribution in [1.29, 1.82) is 0 Å². The second kappa shape index (κ2) is 6.87. The number of benzene rings is 3. The van der Waals surface area contributed by atoms with Crippen molar-refractivity contribution in [1.82, 2.24) is 15.2 Å². The number of carbonyl (C=O) groups is 1. The van der Waals surface area contributed by atoms with E-state index in [1.807, 2.05) is 67.7 Å². The van der Waals surface area contributed by atoms with Crippen LogP contribution < -0.4 is 5.32 Å². The number of hydrogen-bond donors (Lipinski definition) is 2. The van der Waals surface area contributed by atoms with Crippen molar-refractivity contribution in [3.63, 3.8) is 0 Å². The lowest BCUT2D eigenvalue weighted by Gasteiger charge is -2.12. The number of nitrogens with one attached hydrogen (secondary N) is 2. The van der Waals surface area contributed by atoms with Gasteiger partial charge < -0.3 is 5.32 Å². The molecule has 0 radical (unpaired) electrons. The van der Waals surface area contributed by atoms with Crippen LogP contribution in [0.1, 0.15) is 15.9 Å². The zero-order valence-electron chi connectivity index (χ0n) is 15.8. The van der Waals surface area contributed by atoms with Crippen LogP contribution in [0.3, 0.4) is 0 Å². The van der Waals surface area contributed by atoms with E-state index in [0.717, 1.165) is 56.2 Å². The quantitative estimate of drug-likeness (QED) is 0.397. The Balaban J connectivity index is 1.62. The molecule has 0 aliphatic rings. The molecule has 0 aliphatic carbocycles. The fraction of sp³-hybridized carbons (Fsp3) is 0.0417. The third-order valence-electron chi connectivity index (χ3n) is 5.24. The zero-order chi connectivity index (χ0) is 19.8. The summed E-state index contributed by atoms with van der Waals surface area (Å²) < 4.78 is 0. The largest absolute Gasteiger partial charge is 0.354 e. The Kier molecular flexibility index (Phi) is 4.06. The molecule has 0 atom stereocenters. The number of hydrogen-bond acceptors (Lipinski definition) is 4. The molecule has 2 heterocycles. The highest BCUT2D eigenvalue weighted by Gasteiger charge is 2.09. The summed E-state index contributed by atoms with van der Waals surface area (Å²) in [7, 11) is 0. The number of fused-ring (bicyclic) bond motifs is 2. The monoisotopic (exact) mass is 378 g/mol. The predicted octanol–water partition coefficient (Wildman–Crippen LogP) is 5.64. The number of carbonyl (C=O) groups excluding carboxylic acids is 1. The van der Waals surface area contributed by atoms with Gasteiger partial charge in [0, 0.05) is 33.9 Å². The topological polar surface area (TPSA) is 70.7 Å². The molecule has 5 heteroatoms. The van der Waals surface area contributed by atoms with Crippen molar-refractivity contribution in [2.45, 2.75) is 6.92 Å². The van der Waals surface area contributed by atoms with Crippen LogP contribution in [0, 0.1) is 6.92 Å². The van der Waals surface area contributed by atoms with E-state index in [4.69, 9.17) is 0 Å². The molecule has 29 heavy (non-hydrogen) atoms. The lowest BCUT2D eigenvalue weighted by atomic mass is 9.98. The zero-order valence-corrected chi connectivity index (χ0v) is 15.8. The summed E-state index contributed by atoms with van der Waals surface area (Å²) in [6, 6.07) is 20.1. The molecule has 5 aromatic rings. The average molecular weight is 378 g/mol. The van der Waals surface area contributed by atoms with Crippen LogP contribution in [-0.2, 0) is 0 Å². The fourth-order valence-electron chi connectivity index (χ4n) is 3.60. The van der Waals surface area contributed by atoms with Gasteiger partial charge in [-0.15, -0.1) is 0 Å². The second-order valence-corrected chi connectivity index (χ2v) is 7.04. The number of aromatic nitrogens is 3. The molecule has 3 aromatic carbocycles. The van der Waals surface area contributed by atoms with Gasteiger partial charge in [-0.1, -0.05) is 24.3 Å². The molecule has 0 unspecified atom stereocenters. The summed E-state index contributed by atoms with van der Waals surface area (Å²) in [5, 5.41) is 12.7. The van der Waals surface area contributed by atoms with E-state index in [0.29, 0.717) is 5.56 Å². The van der Waals surface area contributed by atoms with E-state index in [1.54, 1.807) is 6.20 Å². The fourth-order valence-corrected chi connectivity index (χ4v) is 3.60. The van der Waals surface area contributed by atoms with Gasteiger partial charge in [0.15, 0.2) is 0 Å². The number of nitrogens with zero attached hydrogens (tertiary/aromatic N) is 2. The van der Waals surface area contributed by atoms with Crippen LogP contribution in [0.5, 0.6) is 0 Å². The Hall–Kier alpha value is -3.99. The molecule has 0 saturated carbocycles. The lowest BCUT2D eigenvalue weighted by Crippen LogP contribution is -1.94.